The van der Waals surface area contributed by atoms with E-state index in [9.17, 15) is 19.0 Å². The van der Waals surface area contributed by atoms with Crippen LogP contribution in [0.4, 0.5) is 0 Å². The van der Waals surface area contributed by atoms with Crippen molar-refractivity contribution in [2.24, 2.45) is 0 Å². The summed E-state index contributed by atoms with van der Waals surface area (Å²) in [5.74, 6) is -0.571. The third-order valence-corrected chi connectivity index (χ3v) is 13.2. The van der Waals surface area contributed by atoms with Crippen LogP contribution in [0.25, 0.3) is 0 Å². The maximum absolute atomic E-state index is 13.4. The van der Waals surface area contributed by atoms with Crippen molar-refractivity contribution in [2.45, 2.75) is 264 Å². The van der Waals surface area contributed by atoms with Gasteiger partial charge in [0.2, 0.25) is 5.91 Å². The zero-order valence-electron chi connectivity index (χ0n) is 44.6. The molecule has 9 nitrogen and oxygen atoms in total. The minimum absolute atomic E-state index is 0.0271. The molecule has 0 aliphatic rings. The van der Waals surface area contributed by atoms with E-state index in [-0.39, 0.29) is 24.9 Å². The molecular weight excluding hydrogens is 856 g/mol. The normalized spacial score (nSPS) is 14.2. The molecule has 3 atom stereocenters. The number of esters is 1. The second kappa shape index (κ2) is 47.6. The number of nitrogens with one attached hydrogen (secondary N) is 1. The molecule has 1 amide bonds. The molecule has 0 heterocycles. The molecular formula is C57H107N2O7P. The highest BCUT2D eigenvalue weighted by Crippen LogP contribution is 2.38. The van der Waals surface area contributed by atoms with Crippen LogP contribution < -0.4 is 10.2 Å². The molecule has 0 aromatic carbocycles. The first-order chi connectivity index (χ1) is 32.4. The Hall–Kier alpha value is -2.03. The molecule has 3 unspecified atom stereocenters. The largest absolute Gasteiger partial charge is 0.756 e. The lowest BCUT2D eigenvalue weighted by Gasteiger charge is -2.30. The number of quaternary nitrogens is 1. The van der Waals surface area contributed by atoms with Crippen LogP contribution in [-0.4, -0.2) is 69.4 Å². The lowest BCUT2D eigenvalue weighted by atomic mass is 10.0. The van der Waals surface area contributed by atoms with Crippen molar-refractivity contribution in [1.29, 1.82) is 0 Å². The number of hydrogen-bond acceptors (Lipinski definition) is 7. The average Bonchev–Trinajstić information content (AvgIpc) is 3.28. The summed E-state index contributed by atoms with van der Waals surface area (Å²) in [4.78, 5) is 39.8. The van der Waals surface area contributed by atoms with Crippen molar-refractivity contribution in [3.63, 3.8) is 0 Å². The van der Waals surface area contributed by atoms with Gasteiger partial charge in [0.15, 0.2) is 0 Å². The molecule has 0 spiro atoms. The van der Waals surface area contributed by atoms with E-state index in [2.05, 4.69) is 62.5 Å². The lowest BCUT2D eigenvalue weighted by molar-refractivity contribution is -0.870. The Labute approximate surface area is 414 Å². The van der Waals surface area contributed by atoms with Gasteiger partial charge < -0.3 is 28.5 Å². The smallest absolute Gasteiger partial charge is 0.306 e. The molecule has 0 fully saturated rings. The van der Waals surface area contributed by atoms with Crippen LogP contribution in [0.2, 0.25) is 0 Å². The minimum atomic E-state index is -4.70. The van der Waals surface area contributed by atoms with Crippen LogP contribution in [0.1, 0.15) is 252 Å². The van der Waals surface area contributed by atoms with Gasteiger partial charge in [-0.2, -0.15) is 0 Å². The summed E-state index contributed by atoms with van der Waals surface area (Å²) in [5.41, 5.74) is 0. The number of phosphoric acid groups is 1. The van der Waals surface area contributed by atoms with Gasteiger partial charge in [-0.25, -0.2) is 0 Å². The Morgan fingerprint density at radius 2 is 0.910 bits per heavy atom. The first kappa shape index (κ1) is 65.0. The summed E-state index contributed by atoms with van der Waals surface area (Å²) in [6.45, 7) is 6.78. The number of amides is 1. The highest BCUT2D eigenvalue weighted by Gasteiger charge is 2.27. The Morgan fingerprint density at radius 3 is 1.40 bits per heavy atom. The molecule has 1 N–H and O–H groups in total. The van der Waals surface area contributed by atoms with Crippen molar-refractivity contribution in [3.05, 3.63) is 48.6 Å². The summed E-state index contributed by atoms with van der Waals surface area (Å²) in [5, 5.41) is 3.00. The Morgan fingerprint density at radius 1 is 0.522 bits per heavy atom. The topological polar surface area (TPSA) is 114 Å². The maximum atomic E-state index is 13.4. The molecule has 392 valence electrons. The van der Waals surface area contributed by atoms with Crippen molar-refractivity contribution in [1.82, 2.24) is 5.32 Å². The molecule has 0 rings (SSSR count). The molecule has 10 heteroatoms. The minimum Gasteiger partial charge on any atom is -0.756 e. The monoisotopic (exact) mass is 963 g/mol. The first-order valence-electron chi connectivity index (χ1n) is 28.0. The SMILES string of the molecule is CCCCC/C=C/C=C/CCCCCCCCC(=O)OC(/C=C/CCCCCCCCCCCC)C(COP(=O)([O-])OCC[N+](C)(C)C)NC(=O)CCCCC/C=C\CCCCCCCCC. The van der Waals surface area contributed by atoms with E-state index in [1.54, 1.807) is 0 Å². The van der Waals surface area contributed by atoms with Crippen LogP contribution >= 0.6 is 7.82 Å². The molecule has 0 bridgehead atoms. The number of ether oxygens (including phenoxy) is 1. The predicted molar refractivity (Wildman–Crippen MR) is 284 cm³/mol. The van der Waals surface area contributed by atoms with E-state index in [0.717, 1.165) is 77.0 Å². The van der Waals surface area contributed by atoms with Crippen LogP contribution in [0.5, 0.6) is 0 Å². The third-order valence-electron chi connectivity index (χ3n) is 12.3. The number of carbonyl (C=O) groups excluding carboxylic acids is 2. The van der Waals surface area contributed by atoms with Crippen molar-refractivity contribution in [3.8, 4) is 0 Å². The maximum Gasteiger partial charge on any atom is 0.306 e. The number of rotatable bonds is 50. The predicted octanol–water partition coefficient (Wildman–Crippen LogP) is 15.9. The van der Waals surface area contributed by atoms with E-state index in [4.69, 9.17) is 13.8 Å². The molecule has 0 radical (unpaired) electrons. The van der Waals surface area contributed by atoms with Gasteiger partial charge in [0, 0.05) is 12.8 Å². The molecule has 0 aromatic rings. The van der Waals surface area contributed by atoms with Gasteiger partial charge in [0.25, 0.3) is 7.82 Å². The van der Waals surface area contributed by atoms with Crippen molar-refractivity contribution in [2.75, 3.05) is 40.9 Å². The standard InChI is InChI=1S/C57H107N2O7P/c1-7-10-13-16-19-22-25-28-30-32-35-38-41-44-47-50-57(61)66-55(48-45-42-39-36-33-27-24-21-18-15-12-9-3)54(53-65-67(62,63)64-52-51-59(4,5)6)58-56(60)49-46-43-40-37-34-31-29-26-23-20-17-14-11-8-2/h19,22,25,28,31,34,45,48,54-55H,7-18,20-21,23-24,26-27,29-30,32-33,35-44,46-47,49-53H2,1-6H3,(H-,58,60,62,63)/b22-19+,28-25+,34-31-,48-45+. The molecule has 0 saturated carbocycles. The van der Waals surface area contributed by atoms with E-state index in [1.165, 1.54) is 128 Å². The number of unbranched alkanes of at least 4 members (excludes halogenated alkanes) is 29. The summed E-state index contributed by atoms with van der Waals surface area (Å²) in [7, 11) is 1.17. The number of likely N-dealkylation sites (N-methyl/N-ethyl adjacent to an activating group) is 1. The summed E-state index contributed by atoms with van der Waals surface area (Å²) >= 11 is 0. The van der Waals surface area contributed by atoms with Gasteiger partial charge in [0.05, 0.1) is 33.8 Å². The van der Waals surface area contributed by atoms with Gasteiger partial charge >= 0.3 is 5.97 Å². The molecule has 0 aliphatic heterocycles. The highest BCUT2D eigenvalue weighted by molar-refractivity contribution is 7.45. The fourth-order valence-electron chi connectivity index (χ4n) is 7.86. The summed E-state index contributed by atoms with van der Waals surface area (Å²) in [6, 6.07) is -0.898. The zero-order chi connectivity index (χ0) is 49.4. The van der Waals surface area contributed by atoms with E-state index >= 15 is 0 Å². The number of hydrogen-bond donors (Lipinski definition) is 1. The Kier molecular flexibility index (Phi) is 46.2. The van der Waals surface area contributed by atoms with E-state index in [0.29, 0.717) is 30.3 Å². The van der Waals surface area contributed by atoms with Gasteiger partial charge in [-0.05, 0) is 83.1 Å². The second-order valence-electron chi connectivity index (χ2n) is 20.1. The number of carbonyl (C=O) groups is 2. The van der Waals surface area contributed by atoms with Crippen LogP contribution in [0.15, 0.2) is 48.6 Å². The number of nitrogens with zero attached hydrogens (tertiary/aromatic N) is 1. The Balaban J connectivity index is 5.42. The average molecular weight is 963 g/mol. The zero-order valence-corrected chi connectivity index (χ0v) is 45.5. The number of phosphoric ester groups is 1. The van der Waals surface area contributed by atoms with Crippen molar-refractivity contribution >= 4 is 19.7 Å². The fourth-order valence-corrected chi connectivity index (χ4v) is 8.58. The summed E-state index contributed by atoms with van der Waals surface area (Å²) in [6.07, 6.45) is 56.4. The van der Waals surface area contributed by atoms with Crippen molar-refractivity contribution < 1.29 is 37.3 Å². The van der Waals surface area contributed by atoms with Crippen LogP contribution in [-0.2, 0) is 27.9 Å². The molecule has 0 aromatic heterocycles. The van der Waals surface area contributed by atoms with Crippen LogP contribution in [0.3, 0.4) is 0 Å². The number of allylic oxidation sites excluding steroid dienone is 7. The molecule has 0 saturated heterocycles. The third kappa shape index (κ3) is 48.8. The Bertz CT molecular complexity index is 1290. The molecule has 0 aliphatic carbocycles. The second-order valence-corrected chi connectivity index (χ2v) is 21.5. The first-order valence-corrected chi connectivity index (χ1v) is 29.4. The van der Waals surface area contributed by atoms with Gasteiger partial charge in [-0.1, -0.05) is 205 Å². The quantitative estimate of drug-likeness (QED) is 0.0161. The highest BCUT2D eigenvalue weighted by atomic mass is 31.2. The fraction of sp³-hybridized carbons (Fsp3) is 0.825. The summed E-state index contributed by atoms with van der Waals surface area (Å²) < 4.78 is 30.2. The van der Waals surface area contributed by atoms with E-state index in [1.807, 2.05) is 33.3 Å². The van der Waals surface area contributed by atoms with E-state index < -0.39 is 26.6 Å². The van der Waals surface area contributed by atoms with Gasteiger partial charge in [-0.3, -0.25) is 14.2 Å². The molecule has 67 heavy (non-hydrogen) atoms. The lowest BCUT2D eigenvalue weighted by Crippen LogP contribution is -2.47. The van der Waals surface area contributed by atoms with Gasteiger partial charge in [-0.15, -0.1) is 0 Å². The van der Waals surface area contributed by atoms with Gasteiger partial charge in [0.1, 0.15) is 19.3 Å². The van der Waals surface area contributed by atoms with Crippen LogP contribution in [0, 0.1) is 0 Å².